The number of benzene rings is 1. The van der Waals surface area contributed by atoms with Gasteiger partial charge in [0.1, 0.15) is 17.5 Å². The third-order valence-corrected chi connectivity index (χ3v) is 5.08. The highest BCUT2D eigenvalue weighted by Crippen LogP contribution is 2.29. The molecule has 11 heteroatoms. The number of sulfonamides is 1. The summed E-state index contributed by atoms with van der Waals surface area (Å²) in [5.74, 6) is -0.968. The molecule has 0 aliphatic rings. The Labute approximate surface area is 181 Å². The molecular formula is C20H29F2N5O3S. The Morgan fingerprint density at radius 2 is 1.77 bits per heavy atom. The van der Waals surface area contributed by atoms with E-state index in [-0.39, 0.29) is 42.4 Å². The summed E-state index contributed by atoms with van der Waals surface area (Å²) in [5.41, 5.74) is -0.554. The molecule has 0 unspecified atom stereocenters. The summed E-state index contributed by atoms with van der Waals surface area (Å²) >= 11 is 0. The maximum Gasteiger partial charge on any atom is 0.241 e. The highest BCUT2D eigenvalue weighted by molar-refractivity contribution is 7.91. The first-order valence-electron chi connectivity index (χ1n) is 9.84. The van der Waals surface area contributed by atoms with Crippen LogP contribution < -0.4 is 10.0 Å². The van der Waals surface area contributed by atoms with Gasteiger partial charge in [0.25, 0.3) is 0 Å². The monoisotopic (exact) mass is 457 g/mol. The Kier molecular flexibility index (Phi) is 7.87. The van der Waals surface area contributed by atoms with Crippen LogP contribution in [0.25, 0.3) is 0 Å². The fraction of sp³-hybridized carbons (Fsp3) is 0.550. The number of aromatic nitrogens is 3. The lowest BCUT2D eigenvalue weighted by atomic mass is 9.81. The summed E-state index contributed by atoms with van der Waals surface area (Å²) in [5, 5.41) is 12.6. The first-order valence-corrected chi connectivity index (χ1v) is 11.7. The first kappa shape index (κ1) is 24.9. The van der Waals surface area contributed by atoms with Gasteiger partial charge >= 0.3 is 0 Å². The molecule has 3 N–H and O–H groups in total. The van der Waals surface area contributed by atoms with E-state index >= 15 is 0 Å². The van der Waals surface area contributed by atoms with Crippen molar-refractivity contribution in [1.82, 2.24) is 15.0 Å². The second-order valence-corrected chi connectivity index (χ2v) is 10.4. The zero-order valence-electron chi connectivity index (χ0n) is 18.3. The number of nitrogens with one attached hydrogen (secondary N) is 2. The lowest BCUT2D eigenvalue weighted by Crippen LogP contribution is -2.28. The highest BCUT2D eigenvalue weighted by Gasteiger charge is 2.27. The summed E-state index contributed by atoms with van der Waals surface area (Å²) in [7, 11) is -3.65. The van der Waals surface area contributed by atoms with Gasteiger partial charge in [-0.25, -0.2) is 17.2 Å². The minimum Gasteiger partial charge on any atom is -0.394 e. The van der Waals surface area contributed by atoms with E-state index in [4.69, 9.17) is 0 Å². The van der Waals surface area contributed by atoms with Gasteiger partial charge in [-0.15, -0.1) is 0 Å². The molecule has 1 aromatic carbocycles. The molecule has 0 amide bonds. The van der Waals surface area contributed by atoms with Gasteiger partial charge in [-0.05, 0) is 29.4 Å². The molecule has 172 valence electrons. The number of halogens is 2. The fourth-order valence-corrected chi connectivity index (χ4v) is 3.66. The molecule has 8 nitrogen and oxygen atoms in total. The standard InChI is InChI=1S/C20H29F2N5O3S/c1-12(2)8-14(11-28)23-18-24-17(25-19(26-18)27-31(5,29)30)10-20(3,4)15-7-6-13(21)9-16(15)22/h6-7,9,12,14,28H,8,10-11H2,1-5H3,(H2,23,24,25,26,27)/t14-/m1/s1. The molecule has 0 spiro atoms. The molecular weight excluding hydrogens is 428 g/mol. The topological polar surface area (TPSA) is 117 Å². The summed E-state index contributed by atoms with van der Waals surface area (Å²) < 4.78 is 53.2. The lowest BCUT2D eigenvalue weighted by molar-refractivity contribution is 0.259. The Morgan fingerprint density at radius 3 is 2.32 bits per heavy atom. The van der Waals surface area contributed by atoms with Crippen molar-refractivity contribution in [1.29, 1.82) is 0 Å². The van der Waals surface area contributed by atoms with Gasteiger partial charge in [0.2, 0.25) is 21.9 Å². The van der Waals surface area contributed by atoms with Crippen molar-refractivity contribution < 1.29 is 22.3 Å². The summed E-state index contributed by atoms with van der Waals surface area (Å²) in [6.07, 6.45) is 1.73. The quantitative estimate of drug-likeness (QED) is 0.502. The van der Waals surface area contributed by atoms with Crippen molar-refractivity contribution in [2.24, 2.45) is 5.92 Å². The van der Waals surface area contributed by atoms with Gasteiger partial charge in [0.05, 0.1) is 18.9 Å². The molecule has 0 aliphatic carbocycles. The van der Waals surface area contributed by atoms with Crippen LogP contribution in [-0.2, 0) is 21.9 Å². The van der Waals surface area contributed by atoms with Gasteiger partial charge in [-0.1, -0.05) is 33.8 Å². The molecule has 0 saturated heterocycles. The zero-order chi connectivity index (χ0) is 23.4. The van der Waals surface area contributed by atoms with E-state index in [1.807, 2.05) is 13.8 Å². The second-order valence-electron chi connectivity index (χ2n) is 8.61. The van der Waals surface area contributed by atoms with Crippen LogP contribution >= 0.6 is 0 Å². The molecule has 1 heterocycles. The van der Waals surface area contributed by atoms with Gasteiger partial charge in [-0.3, -0.25) is 4.72 Å². The zero-order valence-corrected chi connectivity index (χ0v) is 19.1. The summed E-state index contributed by atoms with van der Waals surface area (Å²) in [6, 6.07) is 3.01. The highest BCUT2D eigenvalue weighted by atomic mass is 32.2. The minimum absolute atomic E-state index is 0.0891. The number of nitrogens with zero attached hydrogens (tertiary/aromatic N) is 3. The van der Waals surface area contributed by atoms with E-state index in [2.05, 4.69) is 25.0 Å². The number of hydrogen-bond acceptors (Lipinski definition) is 7. The Balaban J connectivity index is 2.41. The number of anilines is 2. The molecule has 0 aliphatic heterocycles. The van der Waals surface area contributed by atoms with Gasteiger partial charge in [0.15, 0.2) is 0 Å². The van der Waals surface area contributed by atoms with Crippen molar-refractivity contribution in [2.75, 3.05) is 22.9 Å². The van der Waals surface area contributed by atoms with Crippen molar-refractivity contribution in [2.45, 2.75) is 52.0 Å². The average molecular weight is 458 g/mol. The van der Waals surface area contributed by atoms with Crippen LogP contribution in [0.1, 0.15) is 45.5 Å². The van der Waals surface area contributed by atoms with Crippen LogP contribution in [0.15, 0.2) is 18.2 Å². The SMILES string of the molecule is CC(C)C[C@H](CO)Nc1nc(CC(C)(C)c2ccc(F)cc2F)nc(NS(C)(=O)=O)n1. The van der Waals surface area contributed by atoms with Gasteiger partial charge < -0.3 is 10.4 Å². The number of rotatable bonds is 10. The molecule has 0 saturated carbocycles. The molecule has 2 aromatic rings. The lowest BCUT2D eigenvalue weighted by Gasteiger charge is -2.25. The van der Waals surface area contributed by atoms with Crippen molar-refractivity contribution >= 4 is 21.9 Å². The second kappa shape index (κ2) is 9.82. The maximum absolute atomic E-state index is 14.3. The predicted octanol–water partition coefficient (Wildman–Crippen LogP) is 2.86. The molecule has 31 heavy (non-hydrogen) atoms. The van der Waals surface area contributed by atoms with Crippen molar-refractivity contribution in [3.63, 3.8) is 0 Å². The van der Waals surface area contributed by atoms with Crippen LogP contribution in [0, 0.1) is 17.6 Å². The molecule has 1 atom stereocenters. The van der Waals surface area contributed by atoms with Crippen molar-refractivity contribution in [3.8, 4) is 0 Å². The number of hydrogen-bond donors (Lipinski definition) is 3. The number of aliphatic hydroxyl groups excluding tert-OH is 1. The average Bonchev–Trinajstić information content (AvgIpc) is 2.58. The fourth-order valence-electron chi connectivity index (χ4n) is 3.23. The van der Waals surface area contributed by atoms with Crippen LogP contribution in [-0.4, -0.2) is 47.4 Å². The predicted molar refractivity (Wildman–Crippen MR) is 115 cm³/mol. The Bertz CT molecular complexity index is 1020. The van der Waals surface area contributed by atoms with Crippen LogP contribution in [0.3, 0.4) is 0 Å². The van der Waals surface area contributed by atoms with Gasteiger partial charge in [0, 0.05) is 12.5 Å². The first-order chi connectivity index (χ1) is 14.3. The van der Waals surface area contributed by atoms with E-state index in [9.17, 15) is 22.3 Å². The third-order valence-electron chi connectivity index (χ3n) is 4.53. The minimum atomic E-state index is -3.65. The third kappa shape index (κ3) is 7.66. The smallest absolute Gasteiger partial charge is 0.241 e. The number of aliphatic hydroxyl groups is 1. The van der Waals surface area contributed by atoms with Crippen LogP contribution in [0.5, 0.6) is 0 Å². The molecule has 1 aromatic heterocycles. The maximum atomic E-state index is 14.3. The molecule has 0 fully saturated rings. The Morgan fingerprint density at radius 1 is 1.13 bits per heavy atom. The van der Waals surface area contributed by atoms with E-state index in [1.54, 1.807) is 13.8 Å². The Hall–Kier alpha value is -2.40. The van der Waals surface area contributed by atoms with Crippen LogP contribution in [0.4, 0.5) is 20.7 Å². The van der Waals surface area contributed by atoms with E-state index in [0.717, 1.165) is 12.3 Å². The largest absolute Gasteiger partial charge is 0.394 e. The summed E-state index contributed by atoms with van der Waals surface area (Å²) in [6.45, 7) is 7.33. The van der Waals surface area contributed by atoms with E-state index in [1.165, 1.54) is 12.1 Å². The molecule has 2 rings (SSSR count). The van der Waals surface area contributed by atoms with E-state index in [0.29, 0.717) is 12.3 Å². The molecule has 0 radical (unpaired) electrons. The van der Waals surface area contributed by atoms with Crippen LogP contribution in [0.2, 0.25) is 0 Å². The normalized spacial score (nSPS) is 13.3. The van der Waals surface area contributed by atoms with E-state index < -0.39 is 27.1 Å². The van der Waals surface area contributed by atoms with Gasteiger partial charge in [-0.2, -0.15) is 15.0 Å². The molecule has 0 bridgehead atoms. The van der Waals surface area contributed by atoms with Crippen molar-refractivity contribution in [3.05, 3.63) is 41.2 Å². The summed E-state index contributed by atoms with van der Waals surface area (Å²) in [4.78, 5) is 12.6.